The molecule has 24 heavy (non-hydrogen) atoms. The van der Waals surface area contributed by atoms with Crippen LogP contribution in [0.3, 0.4) is 0 Å². The summed E-state index contributed by atoms with van der Waals surface area (Å²) in [5, 5.41) is 13.7. The van der Waals surface area contributed by atoms with Gasteiger partial charge in [-0.3, -0.25) is 9.59 Å². The molecule has 124 valence electrons. The van der Waals surface area contributed by atoms with Crippen molar-refractivity contribution in [3.63, 3.8) is 0 Å². The predicted molar refractivity (Wildman–Crippen MR) is 90.6 cm³/mol. The average Bonchev–Trinajstić information content (AvgIpc) is 3.33. The van der Waals surface area contributed by atoms with Crippen molar-refractivity contribution in [2.75, 3.05) is 29.9 Å². The van der Waals surface area contributed by atoms with Crippen molar-refractivity contribution in [1.82, 2.24) is 5.32 Å². The molecule has 7 nitrogen and oxygen atoms in total. The number of nitrogens with one attached hydrogen (secondary N) is 2. The minimum Gasteiger partial charge on any atom is -0.354 e. The standard InChI is InChI=1S/C17H19N5O2/c1-2-3-8-17(20-21-17)9-10-18-15(23)11-22-12-16(24)19-13-6-4-5-7-14(13)22/h1,4-7H,3,8-12H2,(H,18,23)(H,19,24). The van der Waals surface area contributed by atoms with Crippen LogP contribution in [0.5, 0.6) is 0 Å². The van der Waals surface area contributed by atoms with Gasteiger partial charge in [-0.1, -0.05) is 12.1 Å². The molecule has 0 aromatic heterocycles. The Kier molecular flexibility index (Phi) is 4.47. The van der Waals surface area contributed by atoms with Crippen molar-refractivity contribution in [2.45, 2.75) is 24.9 Å². The van der Waals surface area contributed by atoms with Crippen molar-refractivity contribution < 1.29 is 9.59 Å². The first-order chi connectivity index (χ1) is 11.6. The van der Waals surface area contributed by atoms with Crippen molar-refractivity contribution in [3.05, 3.63) is 24.3 Å². The molecule has 0 atom stereocenters. The number of anilines is 2. The largest absolute Gasteiger partial charge is 0.354 e. The highest BCUT2D eigenvalue weighted by Gasteiger charge is 2.38. The highest BCUT2D eigenvalue weighted by atomic mass is 16.2. The number of rotatable bonds is 7. The third kappa shape index (κ3) is 3.71. The highest BCUT2D eigenvalue weighted by Crippen LogP contribution is 2.36. The molecule has 1 aromatic carbocycles. The number of hydrogen-bond acceptors (Lipinski definition) is 5. The fourth-order valence-electron chi connectivity index (χ4n) is 2.74. The lowest BCUT2D eigenvalue weighted by Crippen LogP contribution is -2.44. The number of amides is 2. The maximum atomic E-state index is 12.2. The van der Waals surface area contributed by atoms with Gasteiger partial charge in [-0.05, 0) is 12.1 Å². The maximum absolute atomic E-state index is 12.2. The Hall–Kier alpha value is -2.88. The van der Waals surface area contributed by atoms with Gasteiger partial charge in [0.2, 0.25) is 11.8 Å². The average molecular weight is 325 g/mol. The number of benzene rings is 1. The molecule has 1 aromatic rings. The third-order valence-corrected chi connectivity index (χ3v) is 4.09. The van der Waals surface area contributed by atoms with Gasteiger partial charge in [0.05, 0.1) is 24.5 Å². The highest BCUT2D eigenvalue weighted by molar-refractivity contribution is 6.02. The van der Waals surface area contributed by atoms with Crippen LogP contribution in [-0.4, -0.2) is 37.1 Å². The molecule has 2 amide bonds. The SMILES string of the molecule is C#CCCC1(CCNC(=O)CN2CC(=O)Nc3ccccc32)N=N1. The van der Waals surface area contributed by atoms with Crippen LogP contribution in [0.1, 0.15) is 19.3 Å². The van der Waals surface area contributed by atoms with Gasteiger partial charge < -0.3 is 15.5 Å². The van der Waals surface area contributed by atoms with E-state index < -0.39 is 5.66 Å². The van der Waals surface area contributed by atoms with E-state index in [4.69, 9.17) is 6.42 Å². The fraction of sp³-hybridized carbons (Fsp3) is 0.412. The summed E-state index contributed by atoms with van der Waals surface area (Å²) in [6.07, 6.45) is 7.25. The molecule has 7 heteroatoms. The van der Waals surface area contributed by atoms with Crippen LogP contribution in [-0.2, 0) is 9.59 Å². The van der Waals surface area contributed by atoms with E-state index in [9.17, 15) is 9.59 Å². The van der Waals surface area contributed by atoms with Gasteiger partial charge in [-0.15, -0.1) is 12.3 Å². The van der Waals surface area contributed by atoms with Crippen LogP contribution in [0.15, 0.2) is 34.5 Å². The number of hydrogen-bond donors (Lipinski definition) is 2. The van der Waals surface area contributed by atoms with Gasteiger partial charge in [0.1, 0.15) is 0 Å². The zero-order valence-corrected chi connectivity index (χ0v) is 13.3. The molecule has 3 rings (SSSR count). The van der Waals surface area contributed by atoms with E-state index in [1.165, 1.54) is 0 Å². The van der Waals surface area contributed by atoms with E-state index in [0.717, 1.165) is 17.8 Å². The predicted octanol–water partition coefficient (Wildman–Crippen LogP) is 1.53. The van der Waals surface area contributed by atoms with E-state index in [2.05, 4.69) is 26.8 Å². The maximum Gasteiger partial charge on any atom is 0.243 e. The number of nitrogens with zero attached hydrogens (tertiary/aromatic N) is 3. The summed E-state index contributed by atoms with van der Waals surface area (Å²) in [7, 11) is 0. The Morgan fingerprint density at radius 3 is 2.92 bits per heavy atom. The molecule has 2 aliphatic rings. The van der Waals surface area contributed by atoms with Gasteiger partial charge in [-0.2, -0.15) is 10.2 Å². The van der Waals surface area contributed by atoms with Gasteiger partial charge >= 0.3 is 0 Å². The first-order valence-corrected chi connectivity index (χ1v) is 7.90. The summed E-state index contributed by atoms with van der Waals surface area (Å²) in [5.41, 5.74) is 1.19. The molecule has 2 aliphatic heterocycles. The van der Waals surface area contributed by atoms with Gasteiger partial charge in [-0.25, -0.2) is 0 Å². The lowest BCUT2D eigenvalue weighted by molar-refractivity contribution is -0.119. The number of fused-ring (bicyclic) bond motifs is 1. The normalized spacial score (nSPS) is 16.8. The van der Waals surface area contributed by atoms with Gasteiger partial charge in [0.15, 0.2) is 5.66 Å². The van der Waals surface area contributed by atoms with Crippen molar-refractivity contribution in [2.24, 2.45) is 10.2 Å². The third-order valence-electron chi connectivity index (χ3n) is 4.09. The summed E-state index contributed by atoms with van der Waals surface area (Å²) in [5.74, 6) is 2.33. The quantitative estimate of drug-likeness (QED) is 0.745. The smallest absolute Gasteiger partial charge is 0.243 e. The molecule has 0 saturated carbocycles. The Bertz CT molecular complexity index is 716. The van der Waals surface area contributed by atoms with Crippen LogP contribution >= 0.6 is 0 Å². The molecule has 0 bridgehead atoms. The summed E-state index contributed by atoms with van der Waals surface area (Å²) in [6, 6.07) is 7.44. The van der Waals surface area contributed by atoms with Crippen molar-refractivity contribution in [3.8, 4) is 12.3 Å². The summed E-state index contributed by atoms with van der Waals surface area (Å²) < 4.78 is 0. The molecule has 0 aliphatic carbocycles. The molecule has 0 saturated heterocycles. The van der Waals surface area contributed by atoms with Gasteiger partial charge in [0.25, 0.3) is 0 Å². The molecular weight excluding hydrogens is 306 g/mol. The Morgan fingerprint density at radius 2 is 2.17 bits per heavy atom. The first kappa shape index (κ1) is 16.0. The summed E-state index contributed by atoms with van der Waals surface area (Å²) in [6.45, 7) is 0.787. The van der Waals surface area contributed by atoms with E-state index in [1.54, 1.807) is 4.90 Å². The lowest BCUT2D eigenvalue weighted by Gasteiger charge is -2.30. The molecule has 0 fully saturated rings. The number of para-hydroxylation sites is 2. The van der Waals surface area contributed by atoms with Crippen LogP contribution in [0.4, 0.5) is 11.4 Å². The minimum absolute atomic E-state index is 0.120. The zero-order valence-electron chi connectivity index (χ0n) is 13.3. The molecule has 0 radical (unpaired) electrons. The minimum atomic E-state index is -0.392. The number of carbonyl (C=O) groups is 2. The van der Waals surface area contributed by atoms with E-state index in [-0.39, 0.29) is 24.9 Å². The second-order valence-corrected chi connectivity index (χ2v) is 5.91. The van der Waals surface area contributed by atoms with E-state index in [1.807, 2.05) is 24.3 Å². The molecule has 2 N–H and O–H groups in total. The Balaban J connectivity index is 1.49. The molecule has 0 unspecified atom stereocenters. The molecule has 2 heterocycles. The number of carbonyl (C=O) groups excluding carboxylic acids is 2. The first-order valence-electron chi connectivity index (χ1n) is 7.90. The van der Waals surface area contributed by atoms with Crippen molar-refractivity contribution >= 4 is 23.2 Å². The van der Waals surface area contributed by atoms with E-state index in [0.29, 0.717) is 19.4 Å². The summed E-state index contributed by atoms with van der Waals surface area (Å²) in [4.78, 5) is 25.7. The Morgan fingerprint density at radius 1 is 1.38 bits per heavy atom. The Labute approximate surface area is 140 Å². The molecule has 0 spiro atoms. The monoisotopic (exact) mass is 325 g/mol. The lowest BCUT2D eigenvalue weighted by atomic mass is 10.0. The number of terminal acetylenes is 1. The van der Waals surface area contributed by atoms with E-state index >= 15 is 0 Å². The van der Waals surface area contributed by atoms with Crippen LogP contribution in [0.2, 0.25) is 0 Å². The second kappa shape index (κ2) is 6.71. The topological polar surface area (TPSA) is 86.2 Å². The zero-order chi connectivity index (χ0) is 17.0. The van der Waals surface area contributed by atoms with Gasteiger partial charge in [0, 0.05) is 25.8 Å². The van der Waals surface area contributed by atoms with Crippen molar-refractivity contribution in [1.29, 1.82) is 0 Å². The van der Waals surface area contributed by atoms with Crippen LogP contribution < -0.4 is 15.5 Å². The van der Waals surface area contributed by atoms with Crippen LogP contribution in [0.25, 0.3) is 0 Å². The summed E-state index contributed by atoms with van der Waals surface area (Å²) >= 11 is 0. The molecular formula is C17H19N5O2. The second-order valence-electron chi connectivity index (χ2n) is 5.91. The fourth-order valence-corrected chi connectivity index (χ4v) is 2.74. The van der Waals surface area contributed by atoms with Crippen LogP contribution in [0, 0.1) is 12.3 Å².